The summed E-state index contributed by atoms with van der Waals surface area (Å²) >= 11 is 0. The number of allylic oxidation sites excluding steroid dienone is 3. The first-order valence-electron chi connectivity index (χ1n) is 21.2. The Hall–Kier alpha value is -4.41. The number of aromatic nitrogens is 1. The number of carbonyl (C=O) groups excluding carboxylic acids is 3. The number of nitrogens with zero attached hydrogens (tertiary/aromatic N) is 3. The van der Waals surface area contributed by atoms with Gasteiger partial charge in [-0.25, -0.2) is 4.79 Å². The van der Waals surface area contributed by atoms with Gasteiger partial charge < -0.3 is 34.3 Å². The van der Waals surface area contributed by atoms with Crippen LogP contribution in [0.15, 0.2) is 59.8 Å². The van der Waals surface area contributed by atoms with E-state index in [4.69, 9.17) is 20.6 Å². The van der Waals surface area contributed by atoms with Gasteiger partial charge in [0.15, 0.2) is 6.10 Å². The highest BCUT2D eigenvalue weighted by Crippen LogP contribution is 2.65. The molecule has 0 radical (unpaired) electrons. The monoisotopic (exact) mass is 810 g/mol. The number of methoxy groups -OCH3 is 2. The van der Waals surface area contributed by atoms with Crippen molar-refractivity contribution in [3.63, 3.8) is 0 Å². The van der Waals surface area contributed by atoms with E-state index in [1.54, 1.807) is 6.08 Å². The number of para-hydroxylation sites is 1. The molecular formula is C47H62N4O8. The van der Waals surface area contributed by atoms with Crippen molar-refractivity contribution in [1.29, 1.82) is 0 Å². The first-order chi connectivity index (χ1) is 28.1. The Morgan fingerprint density at radius 2 is 1.81 bits per heavy atom. The summed E-state index contributed by atoms with van der Waals surface area (Å²) in [6.07, 6.45) is 16.0. The second-order valence-corrected chi connectivity index (χ2v) is 18.1. The number of likely N-dealkylation sites (N-methyl/N-ethyl adjacent to an activating group) is 1. The van der Waals surface area contributed by atoms with Gasteiger partial charge in [0.25, 0.3) is 0 Å². The van der Waals surface area contributed by atoms with Crippen LogP contribution < -0.4 is 0 Å². The third kappa shape index (κ3) is 6.82. The molecule has 12 heteroatoms. The van der Waals surface area contributed by atoms with Crippen LogP contribution in [0, 0.1) is 29.1 Å². The maximum Gasteiger partial charge on any atom is 0.341 e. The normalized spacial score (nSPS) is 35.7. The van der Waals surface area contributed by atoms with Gasteiger partial charge in [-0.1, -0.05) is 56.2 Å². The molecule has 2 aromatic rings. The van der Waals surface area contributed by atoms with E-state index in [0.29, 0.717) is 63.9 Å². The molecular weight excluding hydrogens is 749 g/mol. The topological polar surface area (TPSA) is 145 Å². The van der Waals surface area contributed by atoms with Crippen molar-refractivity contribution in [3.05, 3.63) is 71.1 Å². The van der Waals surface area contributed by atoms with Crippen molar-refractivity contribution in [3.8, 4) is 12.3 Å². The van der Waals surface area contributed by atoms with Crippen LogP contribution in [0.2, 0.25) is 0 Å². The van der Waals surface area contributed by atoms with E-state index in [0.717, 1.165) is 40.8 Å². The molecule has 9 atom stereocenters. The number of terminal acetylenes is 1. The lowest BCUT2D eigenvalue weighted by Crippen LogP contribution is -2.73. The van der Waals surface area contributed by atoms with Gasteiger partial charge in [0.2, 0.25) is 5.60 Å². The first kappa shape index (κ1) is 42.7. The molecule has 1 aromatic carbocycles. The molecule has 2 saturated heterocycles. The summed E-state index contributed by atoms with van der Waals surface area (Å²) in [5.74, 6) is 0.851. The van der Waals surface area contributed by atoms with Gasteiger partial charge >= 0.3 is 17.9 Å². The predicted molar refractivity (Wildman–Crippen MR) is 225 cm³/mol. The van der Waals surface area contributed by atoms with Crippen LogP contribution >= 0.6 is 0 Å². The summed E-state index contributed by atoms with van der Waals surface area (Å²) in [7, 11) is 6.51. The number of ether oxygens (including phenoxy) is 3. The standard InChI is InChI=1S/C47H62N4O8/c1-9-15-37(49(5)6)35(46-22-25-51-23-14-20-44(11-3,39(46)51)40(59-31(4)52)47(56,29-46)42(54)58-8)18-21-45(41(53)57-7)27-32-26-43(55,10-2)30-50(28-32)24-19-34-33-16-12-13-17-36(33)48-38(34)45/h1,12-18,20,32,39-40,48,55-56H,10-11,19,21-30H2,2-8H3/b35-18+,37-15+/t32-,39-,40+,43-,44+,45+,46+,47-/m0/s1. The number of rotatable bonds is 10. The second-order valence-electron chi connectivity index (χ2n) is 18.1. The van der Waals surface area contributed by atoms with Gasteiger partial charge in [-0.05, 0) is 74.6 Å². The van der Waals surface area contributed by atoms with Crippen molar-refractivity contribution in [2.24, 2.45) is 16.7 Å². The molecule has 3 N–H and O–H groups in total. The van der Waals surface area contributed by atoms with Crippen molar-refractivity contribution < 1.29 is 38.8 Å². The summed E-state index contributed by atoms with van der Waals surface area (Å²) < 4.78 is 17.3. The van der Waals surface area contributed by atoms with Gasteiger partial charge in [-0.3, -0.25) is 19.4 Å². The fourth-order valence-electron chi connectivity index (χ4n) is 12.4. The van der Waals surface area contributed by atoms with Crippen LogP contribution in [0.3, 0.4) is 0 Å². The van der Waals surface area contributed by atoms with E-state index in [1.807, 2.05) is 63.2 Å². The molecule has 3 fully saturated rings. The van der Waals surface area contributed by atoms with E-state index in [-0.39, 0.29) is 30.8 Å². The number of hydrogen-bond acceptors (Lipinski definition) is 11. The van der Waals surface area contributed by atoms with Gasteiger partial charge in [0.1, 0.15) is 5.41 Å². The molecule has 4 aliphatic heterocycles. The summed E-state index contributed by atoms with van der Waals surface area (Å²) in [5, 5.41) is 25.9. The lowest BCUT2D eigenvalue weighted by Gasteiger charge is -2.62. The molecule has 0 amide bonds. The Morgan fingerprint density at radius 1 is 1.07 bits per heavy atom. The second kappa shape index (κ2) is 15.9. The van der Waals surface area contributed by atoms with E-state index in [1.165, 1.54) is 21.1 Å². The number of H-pyrrole nitrogens is 1. The average molecular weight is 811 g/mol. The average Bonchev–Trinajstić information content (AvgIpc) is 3.80. The molecule has 5 aliphatic rings. The zero-order valence-corrected chi connectivity index (χ0v) is 35.8. The molecule has 1 aromatic heterocycles. The van der Waals surface area contributed by atoms with Crippen molar-refractivity contribution in [1.82, 2.24) is 19.7 Å². The number of piperidine rings is 1. The van der Waals surface area contributed by atoms with E-state index in [9.17, 15) is 19.8 Å². The van der Waals surface area contributed by atoms with Crippen LogP contribution in [-0.2, 0) is 40.4 Å². The van der Waals surface area contributed by atoms with Crippen molar-refractivity contribution >= 4 is 28.8 Å². The van der Waals surface area contributed by atoms with Crippen molar-refractivity contribution in [2.45, 2.75) is 101 Å². The molecule has 318 valence electrons. The summed E-state index contributed by atoms with van der Waals surface area (Å²) in [4.78, 5) is 52.4. The van der Waals surface area contributed by atoms with E-state index in [2.05, 4.69) is 32.8 Å². The van der Waals surface area contributed by atoms with Crippen LogP contribution in [-0.4, -0.2) is 132 Å². The number of fused-ring (bicyclic) bond motifs is 5. The quantitative estimate of drug-likeness (QED) is 0.102. The maximum atomic E-state index is 15.0. The Bertz CT molecular complexity index is 2120. The molecule has 7 rings (SSSR count). The van der Waals surface area contributed by atoms with Crippen LogP contribution in [0.4, 0.5) is 0 Å². The number of esters is 3. The fourth-order valence-corrected chi connectivity index (χ4v) is 12.4. The molecule has 1 unspecified atom stereocenters. The predicted octanol–water partition coefficient (Wildman–Crippen LogP) is 4.65. The lowest BCUT2D eigenvalue weighted by molar-refractivity contribution is -0.228. The van der Waals surface area contributed by atoms with Crippen molar-refractivity contribution in [2.75, 3.05) is 61.0 Å². The Labute approximate surface area is 348 Å². The van der Waals surface area contributed by atoms with E-state index < -0.39 is 45.5 Å². The molecule has 0 spiro atoms. The molecule has 59 heavy (non-hydrogen) atoms. The lowest BCUT2D eigenvalue weighted by atomic mass is 9.48. The SMILES string of the molecule is C#C/C=C(\C(=C/C[C@@]1(C(=O)OC)C[C@H]2CN(CCc3c1[nH]c1ccccc31)C[C@](O)(CC)C2)[C@]12CCN3CC=C[C@](CC)([C@H]31)[C@@H](OC(C)=O)[C@](O)(C(=O)OC)C2)N(C)C. The van der Waals surface area contributed by atoms with E-state index >= 15 is 4.79 Å². The zero-order chi connectivity index (χ0) is 42.5. The zero-order valence-electron chi connectivity index (χ0n) is 35.8. The number of carbonyl (C=O) groups is 3. The van der Waals surface area contributed by atoms with Crippen LogP contribution in [0.5, 0.6) is 0 Å². The fraction of sp³-hybridized carbons (Fsp3) is 0.596. The Balaban J connectivity index is 1.51. The number of aromatic amines is 1. The highest BCUT2D eigenvalue weighted by atomic mass is 16.6. The van der Waals surface area contributed by atoms with Crippen LogP contribution in [0.1, 0.15) is 77.0 Å². The number of hydrogen-bond donors (Lipinski definition) is 3. The first-order valence-corrected chi connectivity index (χ1v) is 21.2. The minimum Gasteiger partial charge on any atom is -0.468 e. The number of aliphatic hydroxyl groups is 2. The largest absolute Gasteiger partial charge is 0.468 e. The molecule has 1 aliphatic carbocycles. The molecule has 5 heterocycles. The molecule has 2 bridgehead atoms. The summed E-state index contributed by atoms with van der Waals surface area (Å²) in [6, 6.07) is 7.80. The Kier molecular flexibility index (Phi) is 11.5. The Morgan fingerprint density at radius 3 is 2.47 bits per heavy atom. The number of benzene rings is 1. The summed E-state index contributed by atoms with van der Waals surface area (Å²) in [5.41, 5.74) is -2.04. The minimum absolute atomic E-state index is 0.0449. The summed E-state index contributed by atoms with van der Waals surface area (Å²) in [6.45, 7) is 8.60. The highest BCUT2D eigenvalue weighted by Gasteiger charge is 2.73. The molecule has 12 nitrogen and oxygen atoms in total. The van der Waals surface area contributed by atoms with Gasteiger partial charge in [-0.15, -0.1) is 6.42 Å². The maximum absolute atomic E-state index is 15.0. The number of nitrogens with one attached hydrogen (secondary N) is 1. The van der Waals surface area contributed by atoms with Gasteiger partial charge in [-0.2, -0.15) is 0 Å². The third-order valence-electron chi connectivity index (χ3n) is 14.7. The van der Waals surface area contributed by atoms with Crippen LogP contribution in [0.25, 0.3) is 10.9 Å². The highest BCUT2D eigenvalue weighted by molar-refractivity contribution is 5.91. The smallest absolute Gasteiger partial charge is 0.341 e. The third-order valence-corrected chi connectivity index (χ3v) is 14.7. The minimum atomic E-state index is -2.24. The van der Waals surface area contributed by atoms with Gasteiger partial charge in [0.05, 0.1) is 19.8 Å². The van der Waals surface area contributed by atoms with Gasteiger partial charge in [0, 0.05) is 98.9 Å². The molecule has 1 saturated carbocycles.